The first-order chi connectivity index (χ1) is 31.4. The maximum atomic E-state index is 12.7. The first-order valence-corrected chi connectivity index (χ1v) is 30.0. The molecule has 0 aliphatic heterocycles. The van der Waals surface area contributed by atoms with Gasteiger partial charge < -0.3 is 20.1 Å². The minimum absolute atomic E-state index is 0.0895. The Bertz CT molecular complexity index is 955. The molecule has 0 rings (SSSR count). The van der Waals surface area contributed by atoms with Crippen molar-refractivity contribution in [2.45, 2.75) is 315 Å². The van der Waals surface area contributed by atoms with Gasteiger partial charge in [-0.25, -0.2) is 4.57 Å². The minimum Gasteiger partial charge on any atom is -0.457 e. The van der Waals surface area contributed by atoms with E-state index in [4.69, 9.17) is 24.3 Å². The molecule has 9 heteroatoms. The number of hydrogen-bond acceptors (Lipinski definition) is 7. The van der Waals surface area contributed by atoms with Crippen LogP contribution in [0.5, 0.6) is 0 Å². The van der Waals surface area contributed by atoms with E-state index in [1.54, 1.807) is 0 Å². The lowest BCUT2D eigenvalue weighted by Gasteiger charge is -2.20. The van der Waals surface area contributed by atoms with Gasteiger partial charge >= 0.3 is 13.8 Å². The van der Waals surface area contributed by atoms with Crippen LogP contribution in [0.1, 0.15) is 309 Å². The quantitative estimate of drug-likeness (QED) is 0.0352. The van der Waals surface area contributed by atoms with Gasteiger partial charge in [-0.15, -0.1) is 0 Å². The molecule has 3 N–H and O–H groups in total. The second-order valence-corrected chi connectivity index (χ2v) is 21.0. The van der Waals surface area contributed by atoms with E-state index < -0.39 is 13.9 Å². The van der Waals surface area contributed by atoms with Crippen molar-refractivity contribution >= 4 is 13.8 Å². The number of phosphoric ester groups is 1. The molecule has 0 aliphatic carbocycles. The fraction of sp³-hybridized carbons (Fsp3) is 0.982. The molecule has 384 valence electrons. The van der Waals surface area contributed by atoms with Gasteiger partial charge in [0.25, 0.3) is 0 Å². The lowest BCUT2D eigenvalue weighted by molar-refractivity contribution is -0.154. The van der Waals surface area contributed by atoms with Crippen molar-refractivity contribution in [1.82, 2.24) is 0 Å². The Hall–Kier alpha value is -0.500. The average Bonchev–Trinajstić information content (AvgIpc) is 3.29. The van der Waals surface area contributed by atoms with Crippen molar-refractivity contribution in [3.63, 3.8) is 0 Å². The second kappa shape index (κ2) is 53.5. The van der Waals surface area contributed by atoms with Crippen LogP contribution >= 0.6 is 7.82 Å². The van der Waals surface area contributed by atoms with E-state index in [0.29, 0.717) is 13.0 Å². The van der Waals surface area contributed by atoms with Crippen LogP contribution in [-0.4, -0.2) is 49.9 Å². The third-order valence-corrected chi connectivity index (χ3v) is 14.0. The highest BCUT2D eigenvalue weighted by Gasteiger charge is 2.25. The Morgan fingerprint density at radius 2 is 0.688 bits per heavy atom. The highest BCUT2D eigenvalue weighted by molar-refractivity contribution is 7.47. The zero-order valence-corrected chi connectivity index (χ0v) is 44.0. The summed E-state index contributed by atoms with van der Waals surface area (Å²) in [6.07, 6.45) is 60.1. The van der Waals surface area contributed by atoms with Gasteiger partial charge in [-0.3, -0.25) is 13.8 Å². The number of ether oxygens (including phenoxy) is 2. The standard InChI is InChI=1S/C55H112NO7P/c1-3-5-7-9-11-13-15-17-19-21-23-25-27-29-31-33-35-37-39-41-43-45-47-50-60-52-54(53-62-64(58,59)61-51-49-56)63-55(57)48-46-44-42-40-38-36-34-32-30-28-26-24-22-20-18-16-14-12-10-8-6-4-2/h54H,3-53,56H2,1-2H3,(H,58,59). The van der Waals surface area contributed by atoms with E-state index in [2.05, 4.69) is 13.8 Å². The summed E-state index contributed by atoms with van der Waals surface area (Å²) in [5.41, 5.74) is 5.40. The van der Waals surface area contributed by atoms with Crippen LogP contribution in [0.15, 0.2) is 0 Å². The lowest BCUT2D eigenvalue weighted by atomic mass is 10.0. The van der Waals surface area contributed by atoms with Crippen LogP contribution < -0.4 is 5.73 Å². The van der Waals surface area contributed by atoms with Gasteiger partial charge in [0, 0.05) is 19.6 Å². The van der Waals surface area contributed by atoms with Gasteiger partial charge in [0.05, 0.1) is 19.8 Å². The number of esters is 1. The number of rotatable bonds is 56. The van der Waals surface area contributed by atoms with Crippen molar-refractivity contribution in [3.05, 3.63) is 0 Å². The Morgan fingerprint density at radius 3 is 0.984 bits per heavy atom. The summed E-state index contributed by atoms with van der Waals surface area (Å²) >= 11 is 0. The predicted molar refractivity (Wildman–Crippen MR) is 275 cm³/mol. The lowest BCUT2D eigenvalue weighted by Crippen LogP contribution is -2.28. The Morgan fingerprint density at radius 1 is 0.406 bits per heavy atom. The van der Waals surface area contributed by atoms with Crippen LogP contribution in [0, 0.1) is 0 Å². The second-order valence-electron chi connectivity index (χ2n) is 19.5. The molecule has 0 spiro atoms. The molecule has 0 saturated heterocycles. The maximum Gasteiger partial charge on any atom is 0.472 e. The van der Waals surface area contributed by atoms with Crippen molar-refractivity contribution < 1.29 is 32.8 Å². The van der Waals surface area contributed by atoms with E-state index >= 15 is 0 Å². The van der Waals surface area contributed by atoms with Crippen molar-refractivity contribution in [2.24, 2.45) is 5.73 Å². The predicted octanol–water partition coefficient (Wildman–Crippen LogP) is 18.0. The minimum atomic E-state index is -4.28. The molecule has 0 bridgehead atoms. The highest BCUT2D eigenvalue weighted by Crippen LogP contribution is 2.43. The largest absolute Gasteiger partial charge is 0.472 e. The number of nitrogens with two attached hydrogens (primary N) is 1. The van der Waals surface area contributed by atoms with Crippen LogP contribution in [0.25, 0.3) is 0 Å². The molecule has 2 unspecified atom stereocenters. The number of unbranched alkanes of at least 4 members (excludes halogenated alkanes) is 43. The van der Waals surface area contributed by atoms with Gasteiger partial charge in [-0.05, 0) is 12.8 Å². The van der Waals surface area contributed by atoms with E-state index in [0.717, 1.165) is 32.1 Å². The molecule has 64 heavy (non-hydrogen) atoms. The SMILES string of the molecule is CCCCCCCCCCCCCCCCCCCCCCCCCOCC(COP(=O)(O)OCCN)OC(=O)CCCCCCCCCCCCCCCCCCCCCCCC. The summed E-state index contributed by atoms with van der Waals surface area (Å²) in [5, 5.41) is 0. The molecule has 0 aliphatic rings. The molecule has 0 aromatic heterocycles. The molecular weight excluding hydrogens is 818 g/mol. The number of hydrogen-bond donors (Lipinski definition) is 2. The third-order valence-electron chi connectivity index (χ3n) is 13.0. The number of carbonyl (C=O) groups is 1. The van der Waals surface area contributed by atoms with Crippen LogP contribution in [0.2, 0.25) is 0 Å². The molecule has 0 radical (unpaired) electrons. The maximum absolute atomic E-state index is 12.7. The smallest absolute Gasteiger partial charge is 0.457 e. The summed E-state index contributed by atoms with van der Waals surface area (Å²) in [4.78, 5) is 22.7. The average molecular weight is 930 g/mol. The molecule has 0 amide bonds. The fourth-order valence-corrected chi connectivity index (χ4v) is 9.59. The van der Waals surface area contributed by atoms with Gasteiger partial charge in [0.2, 0.25) is 0 Å². The van der Waals surface area contributed by atoms with Crippen LogP contribution in [0.3, 0.4) is 0 Å². The van der Waals surface area contributed by atoms with E-state index in [-0.39, 0.29) is 32.3 Å². The van der Waals surface area contributed by atoms with Gasteiger partial charge in [-0.2, -0.15) is 0 Å². The molecule has 8 nitrogen and oxygen atoms in total. The number of carbonyl (C=O) groups excluding carboxylic acids is 1. The Balaban J connectivity index is 3.82. The summed E-state index contributed by atoms with van der Waals surface area (Å²) in [5.74, 6) is -0.319. The molecule has 0 saturated carbocycles. The van der Waals surface area contributed by atoms with E-state index in [1.807, 2.05) is 0 Å². The normalized spacial score (nSPS) is 13.1. The fourth-order valence-electron chi connectivity index (χ4n) is 8.83. The zero-order chi connectivity index (χ0) is 46.5. The Labute approximate surface area is 399 Å². The number of phosphoric acid groups is 1. The van der Waals surface area contributed by atoms with E-state index in [9.17, 15) is 14.3 Å². The first kappa shape index (κ1) is 63.5. The topological polar surface area (TPSA) is 117 Å². The molecule has 0 heterocycles. The molecule has 0 aromatic carbocycles. The molecule has 0 aromatic rings. The zero-order valence-electron chi connectivity index (χ0n) is 43.1. The van der Waals surface area contributed by atoms with Gasteiger partial charge in [-0.1, -0.05) is 290 Å². The third kappa shape index (κ3) is 52.5. The van der Waals surface area contributed by atoms with Crippen molar-refractivity contribution in [3.8, 4) is 0 Å². The highest BCUT2D eigenvalue weighted by atomic mass is 31.2. The first-order valence-electron chi connectivity index (χ1n) is 28.5. The van der Waals surface area contributed by atoms with Crippen LogP contribution in [-0.2, 0) is 27.9 Å². The van der Waals surface area contributed by atoms with Crippen LogP contribution in [0.4, 0.5) is 0 Å². The van der Waals surface area contributed by atoms with Gasteiger partial charge in [0.1, 0.15) is 6.10 Å². The van der Waals surface area contributed by atoms with E-state index in [1.165, 1.54) is 257 Å². The summed E-state index contributed by atoms with van der Waals surface area (Å²) in [6, 6.07) is 0. The summed E-state index contributed by atoms with van der Waals surface area (Å²) < 4.78 is 33.7. The Kier molecular flexibility index (Phi) is 53.0. The molecular formula is C55H112NO7P. The monoisotopic (exact) mass is 930 g/mol. The molecule has 0 fully saturated rings. The molecule has 2 atom stereocenters. The summed E-state index contributed by atoms with van der Waals surface area (Å²) in [7, 11) is -4.28. The van der Waals surface area contributed by atoms with Crippen molar-refractivity contribution in [1.29, 1.82) is 0 Å². The van der Waals surface area contributed by atoms with Gasteiger partial charge in [0.15, 0.2) is 0 Å². The summed E-state index contributed by atoms with van der Waals surface area (Å²) in [6.45, 7) is 5.02. The van der Waals surface area contributed by atoms with Crippen molar-refractivity contribution in [2.75, 3.05) is 33.0 Å².